The van der Waals surface area contributed by atoms with E-state index in [-0.39, 0.29) is 11.8 Å². The Morgan fingerprint density at radius 3 is 2.26 bits per heavy atom. The van der Waals surface area contributed by atoms with Crippen LogP contribution in [0.25, 0.3) is 11.3 Å². The van der Waals surface area contributed by atoms with Crippen LogP contribution in [0.15, 0.2) is 72.8 Å². The number of nitrogens with zero attached hydrogens (tertiary/aromatic N) is 2. The number of hydrogen-bond donors (Lipinski definition) is 2. The lowest BCUT2D eigenvalue weighted by Gasteiger charge is -2.22. The maximum Gasteiger partial charge on any atom is 0.337 e. The van der Waals surface area contributed by atoms with E-state index in [1.807, 2.05) is 54.6 Å². The molecule has 4 rings (SSSR count). The molecule has 0 saturated carbocycles. The summed E-state index contributed by atoms with van der Waals surface area (Å²) in [7, 11) is 3.11. The fourth-order valence-corrected chi connectivity index (χ4v) is 4.57. The van der Waals surface area contributed by atoms with Gasteiger partial charge in [0.15, 0.2) is 0 Å². The lowest BCUT2D eigenvalue weighted by atomic mass is 9.99. The van der Waals surface area contributed by atoms with Crippen LogP contribution in [0.1, 0.15) is 41.8 Å². The molecule has 8 nitrogen and oxygen atoms in total. The van der Waals surface area contributed by atoms with Crippen LogP contribution in [0.3, 0.4) is 0 Å². The Morgan fingerprint density at radius 1 is 0.923 bits per heavy atom. The summed E-state index contributed by atoms with van der Waals surface area (Å²) < 4.78 is 4.82. The fraction of sp³-hybridized carbons (Fsp3) is 0.258. The van der Waals surface area contributed by atoms with Gasteiger partial charge < -0.3 is 25.2 Å². The summed E-state index contributed by atoms with van der Waals surface area (Å²) in [6.45, 7) is 6.75. The number of fused-ring (bicyclic) bond motifs is 1. The molecule has 0 aromatic heterocycles. The number of nitrogens with one attached hydrogen (secondary N) is 2. The highest BCUT2D eigenvalue weighted by atomic mass is 16.5. The van der Waals surface area contributed by atoms with Crippen LogP contribution in [-0.2, 0) is 14.3 Å². The molecule has 0 bridgehead atoms. The molecule has 0 atom stereocenters. The van der Waals surface area contributed by atoms with Gasteiger partial charge in [0.25, 0.3) is 5.91 Å². The number of carbonyl (C=O) groups excluding carboxylic acids is 3. The van der Waals surface area contributed by atoms with E-state index in [9.17, 15) is 14.4 Å². The number of anilines is 3. The number of methoxy groups -OCH3 is 1. The summed E-state index contributed by atoms with van der Waals surface area (Å²) in [5, 5.41) is 6.30. The standard InChI is InChI=1S/C31H34N4O4/c1-5-35(6-2)19-18-27(36)34(3)24-15-13-23(14-16-24)32-29(21-10-8-7-9-11-21)28-25-17-12-22(31(38)39-4)20-26(25)33-30(28)37/h7-17,20,32H,5-6,18-19H2,1-4H3,(H,33,37). The zero-order valence-corrected chi connectivity index (χ0v) is 22.8. The SMILES string of the molecule is CCN(CC)CCC(=O)N(C)c1ccc(NC(=C2C(=O)Nc3cc(C(=O)OC)ccc32)c2ccccc2)cc1. The first-order chi connectivity index (χ1) is 18.9. The molecule has 3 aromatic carbocycles. The van der Waals surface area contributed by atoms with Gasteiger partial charge in [0, 0.05) is 37.0 Å². The van der Waals surface area contributed by atoms with Crippen LogP contribution < -0.4 is 15.5 Å². The first-order valence-corrected chi connectivity index (χ1v) is 13.1. The van der Waals surface area contributed by atoms with Crippen molar-refractivity contribution in [3.05, 3.63) is 89.5 Å². The van der Waals surface area contributed by atoms with Gasteiger partial charge in [0.1, 0.15) is 0 Å². The quantitative estimate of drug-likeness (QED) is 0.282. The molecule has 0 aliphatic carbocycles. The Bertz CT molecular complexity index is 1380. The van der Waals surface area contributed by atoms with Gasteiger partial charge >= 0.3 is 5.97 Å². The second-order valence-electron chi connectivity index (χ2n) is 9.22. The van der Waals surface area contributed by atoms with Crippen molar-refractivity contribution in [3.63, 3.8) is 0 Å². The normalized spacial score (nSPS) is 13.5. The Kier molecular flexibility index (Phi) is 8.78. The average Bonchev–Trinajstić information content (AvgIpc) is 3.30. The van der Waals surface area contributed by atoms with Crippen molar-refractivity contribution < 1.29 is 19.1 Å². The molecule has 2 amide bonds. The van der Waals surface area contributed by atoms with E-state index in [4.69, 9.17) is 4.74 Å². The lowest BCUT2D eigenvalue weighted by Crippen LogP contribution is -2.32. The molecule has 1 heterocycles. The highest BCUT2D eigenvalue weighted by Gasteiger charge is 2.29. The van der Waals surface area contributed by atoms with Crippen LogP contribution in [0.2, 0.25) is 0 Å². The minimum absolute atomic E-state index is 0.0558. The van der Waals surface area contributed by atoms with Crippen LogP contribution in [0.4, 0.5) is 17.1 Å². The zero-order chi connectivity index (χ0) is 27.9. The molecule has 1 aliphatic rings. The molecule has 202 valence electrons. The summed E-state index contributed by atoms with van der Waals surface area (Å²) in [4.78, 5) is 41.8. The predicted octanol–water partition coefficient (Wildman–Crippen LogP) is 5.10. The number of amides is 2. The molecule has 39 heavy (non-hydrogen) atoms. The van der Waals surface area contributed by atoms with Gasteiger partial charge in [-0.2, -0.15) is 0 Å². The number of esters is 1. The second-order valence-corrected chi connectivity index (χ2v) is 9.22. The third-order valence-electron chi connectivity index (χ3n) is 6.93. The Balaban J connectivity index is 1.62. The van der Waals surface area contributed by atoms with Crippen molar-refractivity contribution in [3.8, 4) is 0 Å². The molecule has 0 fully saturated rings. The number of hydrogen-bond acceptors (Lipinski definition) is 6. The van der Waals surface area contributed by atoms with Gasteiger partial charge in [-0.25, -0.2) is 4.79 Å². The topological polar surface area (TPSA) is 91.0 Å². The molecule has 0 unspecified atom stereocenters. The summed E-state index contributed by atoms with van der Waals surface area (Å²) in [6, 6.07) is 22.2. The van der Waals surface area contributed by atoms with Crippen molar-refractivity contribution in [2.75, 3.05) is 49.3 Å². The van der Waals surface area contributed by atoms with Gasteiger partial charge in [-0.05, 0) is 55.1 Å². The molecule has 2 N–H and O–H groups in total. The van der Waals surface area contributed by atoms with E-state index in [2.05, 4.69) is 29.4 Å². The van der Waals surface area contributed by atoms with Crippen molar-refractivity contribution >= 4 is 46.1 Å². The lowest BCUT2D eigenvalue weighted by molar-refractivity contribution is -0.118. The predicted molar refractivity (Wildman–Crippen MR) is 156 cm³/mol. The third-order valence-corrected chi connectivity index (χ3v) is 6.93. The molecule has 0 saturated heterocycles. The van der Waals surface area contributed by atoms with E-state index in [1.165, 1.54) is 7.11 Å². The fourth-order valence-electron chi connectivity index (χ4n) is 4.57. The maximum atomic E-state index is 13.2. The van der Waals surface area contributed by atoms with E-state index in [1.54, 1.807) is 30.1 Å². The van der Waals surface area contributed by atoms with Crippen molar-refractivity contribution in [2.24, 2.45) is 0 Å². The molecule has 1 aliphatic heterocycles. The Hall–Kier alpha value is -4.43. The van der Waals surface area contributed by atoms with Crippen LogP contribution >= 0.6 is 0 Å². The first kappa shape index (κ1) is 27.6. The second kappa shape index (κ2) is 12.4. The smallest absolute Gasteiger partial charge is 0.337 e. The molecule has 0 spiro atoms. The first-order valence-electron chi connectivity index (χ1n) is 13.1. The number of carbonyl (C=O) groups is 3. The molecule has 0 radical (unpaired) electrons. The molecular formula is C31H34N4O4. The molecule has 8 heteroatoms. The zero-order valence-electron chi connectivity index (χ0n) is 22.8. The van der Waals surface area contributed by atoms with Gasteiger partial charge in [0.05, 0.1) is 29.6 Å². The maximum absolute atomic E-state index is 13.2. The number of ether oxygens (including phenoxy) is 1. The Morgan fingerprint density at radius 2 is 1.62 bits per heavy atom. The molecular weight excluding hydrogens is 492 g/mol. The molecule has 3 aromatic rings. The number of benzene rings is 3. The van der Waals surface area contributed by atoms with Crippen molar-refractivity contribution in [2.45, 2.75) is 20.3 Å². The third kappa shape index (κ3) is 6.18. The van der Waals surface area contributed by atoms with Gasteiger partial charge in [-0.3, -0.25) is 9.59 Å². The summed E-state index contributed by atoms with van der Waals surface area (Å²) in [5.74, 6) is -0.684. The van der Waals surface area contributed by atoms with Gasteiger partial charge in [0.2, 0.25) is 5.91 Å². The summed E-state index contributed by atoms with van der Waals surface area (Å²) in [5.41, 5.74) is 5.09. The highest BCUT2D eigenvalue weighted by molar-refractivity contribution is 6.37. The van der Waals surface area contributed by atoms with E-state index < -0.39 is 5.97 Å². The average molecular weight is 527 g/mol. The van der Waals surface area contributed by atoms with E-state index in [0.717, 1.165) is 36.6 Å². The van der Waals surface area contributed by atoms with Crippen molar-refractivity contribution in [1.82, 2.24) is 4.90 Å². The van der Waals surface area contributed by atoms with Gasteiger partial charge in [-0.1, -0.05) is 50.2 Å². The minimum atomic E-state index is -0.470. The monoisotopic (exact) mass is 526 g/mol. The van der Waals surface area contributed by atoms with Crippen LogP contribution in [-0.4, -0.2) is 56.5 Å². The van der Waals surface area contributed by atoms with E-state index >= 15 is 0 Å². The summed E-state index contributed by atoms with van der Waals surface area (Å²) >= 11 is 0. The minimum Gasteiger partial charge on any atom is -0.465 e. The van der Waals surface area contributed by atoms with Gasteiger partial charge in [-0.15, -0.1) is 0 Å². The highest BCUT2D eigenvalue weighted by Crippen LogP contribution is 2.38. The van der Waals surface area contributed by atoms with Crippen LogP contribution in [0.5, 0.6) is 0 Å². The van der Waals surface area contributed by atoms with E-state index in [0.29, 0.717) is 34.5 Å². The Labute approximate surface area is 229 Å². The number of rotatable bonds is 10. The van der Waals surface area contributed by atoms with Crippen molar-refractivity contribution in [1.29, 1.82) is 0 Å². The summed E-state index contributed by atoms with van der Waals surface area (Å²) in [6.07, 6.45) is 0.453. The van der Waals surface area contributed by atoms with Crippen LogP contribution in [0, 0.1) is 0 Å². The largest absolute Gasteiger partial charge is 0.465 e.